The van der Waals surface area contributed by atoms with Gasteiger partial charge in [0.1, 0.15) is 16.6 Å². The van der Waals surface area contributed by atoms with Gasteiger partial charge in [-0.25, -0.2) is 14.5 Å². The molecule has 148 valence electrons. The first kappa shape index (κ1) is 19.5. The van der Waals surface area contributed by atoms with Crippen molar-refractivity contribution in [2.45, 2.75) is 0 Å². The summed E-state index contributed by atoms with van der Waals surface area (Å²) in [5.41, 5.74) is 1.94. The van der Waals surface area contributed by atoms with E-state index < -0.39 is 18.5 Å². The molecule has 4 rings (SSSR count). The molecule has 10 heteroatoms. The molecule has 3 heterocycles. The maximum atomic E-state index is 12.3. The molecule has 1 N–H and O–H groups in total. The van der Waals surface area contributed by atoms with Gasteiger partial charge in [-0.15, -0.1) is 11.3 Å². The Kier molecular flexibility index (Phi) is 5.65. The van der Waals surface area contributed by atoms with Gasteiger partial charge in [-0.3, -0.25) is 4.79 Å². The third kappa shape index (κ3) is 4.12. The molecule has 30 heavy (non-hydrogen) atoms. The topological polar surface area (TPSA) is 110 Å². The second kappa shape index (κ2) is 8.69. The second-order valence-electron chi connectivity index (χ2n) is 5.94. The lowest BCUT2D eigenvalue weighted by Crippen LogP contribution is -2.23. The molecule has 0 aliphatic carbocycles. The molecule has 1 amide bonds. The third-order valence-electron chi connectivity index (χ3n) is 3.96. The number of benzene rings is 1. The van der Waals surface area contributed by atoms with Gasteiger partial charge in [0, 0.05) is 16.3 Å². The van der Waals surface area contributed by atoms with E-state index in [9.17, 15) is 14.9 Å². The SMILES string of the molecule is N#Cc1cnn(-c2ccccc2)c1NC(=O)COC(=O)c1csc(-c2ccsc2)n1. The normalized spacial score (nSPS) is 10.4. The van der Waals surface area contributed by atoms with Crippen LogP contribution in [0.2, 0.25) is 0 Å². The van der Waals surface area contributed by atoms with Crippen LogP contribution in [0.25, 0.3) is 16.3 Å². The molecule has 0 aliphatic heterocycles. The third-order valence-corrected chi connectivity index (χ3v) is 5.54. The highest BCUT2D eigenvalue weighted by Crippen LogP contribution is 2.26. The predicted molar refractivity (Wildman–Crippen MR) is 113 cm³/mol. The number of nitrogens with zero attached hydrogens (tertiary/aromatic N) is 4. The molecule has 0 fully saturated rings. The molecule has 0 saturated heterocycles. The quantitative estimate of drug-likeness (QED) is 0.462. The minimum Gasteiger partial charge on any atom is -0.451 e. The molecule has 8 nitrogen and oxygen atoms in total. The lowest BCUT2D eigenvalue weighted by molar-refractivity contribution is -0.119. The fraction of sp³-hybridized carbons (Fsp3) is 0.0500. The number of thiazole rings is 1. The molecule has 3 aromatic heterocycles. The van der Waals surface area contributed by atoms with Crippen LogP contribution in [0.4, 0.5) is 5.82 Å². The first-order chi connectivity index (χ1) is 14.7. The number of nitrogens with one attached hydrogen (secondary N) is 1. The van der Waals surface area contributed by atoms with Crippen LogP contribution in [0.15, 0.2) is 58.7 Å². The van der Waals surface area contributed by atoms with Gasteiger partial charge in [0.25, 0.3) is 5.91 Å². The molecule has 0 unspecified atom stereocenters. The van der Waals surface area contributed by atoms with Gasteiger partial charge in [0.15, 0.2) is 18.1 Å². The molecule has 0 bridgehead atoms. The van der Waals surface area contributed by atoms with Crippen molar-refractivity contribution >= 4 is 40.4 Å². The number of aromatic nitrogens is 3. The molecular formula is C20H13N5O3S2. The lowest BCUT2D eigenvalue weighted by Gasteiger charge is -2.09. The van der Waals surface area contributed by atoms with Crippen molar-refractivity contribution in [3.8, 4) is 22.3 Å². The largest absolute Gasteiger partial charge is 0.451 e. The number of anilines is 1. The Morgan fingerprint density at radius 3 is 2.77 bits per heavy atom. The van der Waals surface area contributed by atoms with E-state index in [1.165, 1.54) is 33.6 Å². The molecule has 1 aromatic carbocycles. The van der Waals surface area contributed by atoms with Crippen LogP contribution < -0.4 is 5.32 Å². The van der Waals surface area contributed by atoms with Crippen LogP contribution in [-0.4, -0.2) is 33.2 Å². The van der Waals surface area contributed by atoms with Crippen molar-refractivity contribution < 1.29 is 14.3 Å². The lowest BCUT2D eigenvalue weighted by atomic mass is 10.3. The monoisotopic (exact) mass is 435 g/mol. The van der Waals surface area contributed by atoms with Gasteiger partial charge >= 0.3 is 5.97 Å². The Labute approximate surface area is 179 Å². The highest BCUT2D eigenvalue weighted by atomic mass is 32.1. The number of amides is 1. The number of para-hydroxylation sites is 1. The van der Waals surface area contributed by atoms with Gasteiger partial charge in [0.05, 0.1) is 11.9 Å². The first-order valence-electron chi connectivity index (χ1n) is 8.64. The first-order valence-corrected chi connectivity index (χ1v) is 10.5. The van der Waals surface area contributed by atoms with E-state index >= 15 is 0 Å². The van der Waals surface area contributed by atoms with E-state index in [4.69, 9.17) is 4.74 Å². The number of rotatable bonds is 6. The number of nitriles is 1. The Morgan fingerprint density at radius 1 is 1.20 bits per heavy atom. The van der Waals surface area contributed by atoms with Crippen LogP contribution in [0.3, 0.4) is 0 Å². The predicted octanol–water partition coefficient (Wildman–Crippen LogP) is 3.72. The van der Waals surface area contributed by atoms with Gasteiger partial charge < -0.3 is 10.1 Å². The smallest absolute Gasteiger partial charge is 0.358 e. The Balaban J connectivity index is 1.42. The number of esters is 1. The van der Waals surface area contributed by atoms with E-state index in [1.54, 1.807) is 17.5 Å². The molecule has 0 spiro atoms. The summed E-state index contributed by atoms with van der Waals surface area (Å²) in [5.74, 6) is -1.08. The molecule has 0 aliphatic rings. The summed E-state index contributed by atoms with van der Waals surface area (Å²) in [6, 6.07) is 12.9. The van der Waals surface area contributed by atoms with Crippen LogP contribution in [-0.2, 0) is 9.53 Å². The highest BCUT2D eigenvalue weighted by Gasteiger charge is 2.18. The highest BCUT2D eigenvalue weighted by molar-refractivity contribution is 7.14. The van der Waals surface area contributed by atoms with E-state index in [0.717, 1.165) is 5.56 Å². The van der Waals surface area contributed by atoms with E-state index in [2.05, 4.69) is 15.4 Å². The number of hydrogen-bond acceptors (Lipinski definition) is 8. The second-order valence-corrected chi connectivity index (χ2v) is 7.58. The average Bonchev–Trinajstić information content (AvgIpc) is 3.53. The Morgan fingerprint density at radius 2 is 2.03 bits per heavy atom. The van der Waals surface area contributed by atoms with Gasteiger partial charge in [-0.1, -0.05) is 18.2 Å². The molecule has 0 saturated carbocycles. The van der Waals surface area contributed by atoms with Crippen LogP contribution >= 0.6 is 22.7 Å². The summed E-state index contributed by atoms with van der Waals surface area (Å²) in [4.78, 5) is 28.8. The maximum absolute atomic E-state index is 12.3. The average molecular weight is 435 g/mol. The Hall–Kier alpha value is -3.81. The van der Waals surface area contributed by atoms with Crippen molar-refractivity contribution in [1.82, 2.24) is 14.8 Å². The summed E-state index contributed by atoms with van der Waals surface area (Å²) in [6.45, 7) is -0.519. The zero-order chi connectivity index (χ0) is 20.9. The molecule has 4 aromatic rings. The van der Waals surface area contributed by atoms with Gasteiger partial charge in [-0.05, 0) is 23.6 Å². The fourth-order valence-corrected chi connectivity index (χ4v) is 4.08. The number of ether oxygens (including phenoxy) is 1. The zero-order valence-electron chi connectivity index (χ0n) is 15.3. The molecule has 0 atom stereocenters. The zero-order valence-corrected chi connectivity index (χ0v) is 16.9. The summed E-state index contributed by atoms with van der Waals surface area (Å²) >= 11 is 2.86. The maximum Gasteiger partial charge on any atom is 0.358 e. The van der Waals surface area contributed by atoms with Crippen molar-refractivity contribution in [3.05, 3.63) is 70.0 Å². The molecule has 0 radical (unpaired) electrons. The summed E-state index contributed by atoms with van der Waals surface area (Å²) in [6.07, 6.45) is 1.36. The van der Waals surface area contributed by atoms with Crippen molar-refractivity contribution in [2.75, 3.05) is 11.9 Å². The van der Waals surface area contributed by atoms with Crippen LogP contribution in [0, 0.1) is 11.3 Å². The number of carbonyl (C=O) groups excluding carboxylic acids is 2. The van der Waals surface area contributed by atoms with Crippen molar-refractivity contribution in [1.29, 1.82) is 5.26 Å². The van der Waals surface area contributed by atoms with Crippen molar-refractivity contribution in [3.63, 3.8) is 0 Å². The standard InChI is InChI=1S/C20H13N5O3S2/c21-8-14-9-22-25(15-4-2-1-3-5-15)18(14)24-17(26)10-28-20(27)16-12-30-19(23-16)13-6-7-29-11-13/h1-7,9,11-12H,10H2,(H,24,26). The number of carbonyl (C=O) groups is 2. The van der Waals surface area contributed by atoms with E-state index in [0.29, 0.717) is 10.7 Å². The van der Waals surface area contributed by atoms with Crippen LogP contribution in [0.5, 0.6) is 0 Å². The minimum absolute atomic E-state index is 0.140. The summed E-state index contributed by atoms with van der Waals surface area (Å²) in [7, 11) is 0. The minimum atomic E-state index is -0.694. The number of thiophene rings is 1. The molecular weight excluding hydrogens is 422 g/mol. The van der Waals surface area contributed by atoms with Crippen molar-refractivity contribution in [2.24, 2.45) is 0 Å². The number of hydrogen-bond donors (Lipinski definition) is 1. The van der Waals surface area contributed by atoms with E-state index in [-0.39, 0.29) is 17.1 Å². The van der Waals surface area contributed by atoms with Gasteiger partial charge in [0.2, 0.25) is 0 Å². The van der Waals surface area contributed by atoms with E-state index in [1.807, 2.05) is 41.1 Å². The Bertz CT molecular complexity index is 1220. The summed E-state index contributed by atoms with van der Waals surface area (Å²) in [5, 5.41) is 22.2. The van der Waals surface area contributed by atoms with Gasteiger partial charge in [-0.2, -0.15) is 21.7 Å². The fourth-order valence-electron chi connectivity index (χ4n) is 2.57. The van der Waals surface area contributed by atoms with Crippen LogP contribution in [0.1, 0.15) is 16.1 Å². The summed E-state index contributed by atoms with van der Waals surface area (Å²) < 4.78 is 6.51.